The molecule has 0 spiro atoms. The second-order valence-electron chi connectivity index (χ2n) is 9.98. The average molecular weight is 457 g/mol. The van der Waals surface area contributed by atoms with Gasteiger partial charge in [-0.15, -0.1) is 0 Å². The van der Waals surface area contributed by atoms with E-state index in [-0.39, 0.29) is 16.9 Å². The van der Waals surface area contributed by atoms with Crippen LogP contribution in [0.2, 0.25) is 0 Å². The monoisotopic (exact) mass is 456 g/mol. The highest BCUT2D eigenvalue weighted by Gasteiger charge is 2.48. The van der Waals surface area contributed by atoms with Gasteiger partial charge < -0.3 is 9.47 Å². The summed E-state index contributed by atoms with van der Waals surface area (Å²) >= 11 is 0. The summed E-state index contributed by atoms with van der Waals surface area (Å²) < 4.78 is 11.5. The van der Waals surface area contributed by atoms with E-state index in [2.05, 4.69) is 19.1 Å². The maximum atomic E-state index is 11.5. The second-order valence-corrected chi connectivity index (χ2v) is 9.98. The molecule has 5 rings (SSSR count). The molecule has 34 heavy (non-hydrogen) atoms. The molecule has 2 aromatic carbocycles. The summed E-state index contributed by atoms with van der Waals surface area (Å²) in [7, 11) is 0. The van der Waals surface area contributed by atoms with Gasteiger partial charge in [0.15, 0.2) is 0 Å². The topological polar surface area (TPSA) is 83.1 Å². The van der Waals surface area contributed by atoms with Crippen molar-refractivity contribution in [2.45, 2.75) is 71.6 Å². The van der Waals surface area contributed by atoms with Gasteiger partial charge in [0.1, 0.15) is 29.2 Å². The Kier molecular flexibility index (Phi) is 6.94. The molecule has 0 aromatic heterocycles. The minimum absolute atomic E-state index is 0.194. The number of hydrogen-bond donors (Lipinski definition) is 0. The number of rotatable bonds is 8. The van der Waals surface area contributed by atoms with Crippen LogP contribution in [-0.2, 0) is 4.79 Å². The number of benzene rings is 2. The molecule has 0 heterocycles. The zero-order valence-electron chi connectivity index (χ0n) is 20.2. The van der Waals surface area contributed by atoms with E-state index >= 15 is 0 Å². The Morgan fingerprint density at radius 3 is 2.06 bits per heavy atom. The van der Waals surface area contributed by atoms with Crippen LogP contribution in [0, 0.1) is 33.5 Å². The number of carbonyl (C=O) groups excluding carboxylic acids is 1. The molecule has 0 aliphatic heterocycles. The summed E-state index contributed by atoms with van der Waals surface area (Å²) in [6, 6.07) is 15.0. The Bertz CT molecular complexity index is 1110. The summed E-state index contributed by atoms with van der Waals surface area (Å²) in [6.07, 6.45) is 10.3. The van der Waals surface area contributed by atoms with Crippen LogP contribution in [0.3, 0.4) is 0 Å². The van der Waals surface area contributed by atoms with E-state index in [9.17, 15) is 15.3 Å². The number of nitriles is 2. The number of fused-ring (bicyclic) bond motifs is 3. The third-order valence-electron chi connectivity index (χ3n) is 7.95. The van der Waals surface area contributed by atoms with Crippen molar-refractivity contribution in [3.8, 4) is 34.8 Å². The average Bonchev–Trinajstić information content (AvgIpc) is 2.88. The summed E-state index contributed by atoms with van der Waals surface area (Å²) in [5.41, 5.74) is 2.78. The van der Waals surface area contributed by atoms with Crippen molar-refractivity contribution >= 4 is 5.97 Å². The number of esters is 1. The van der Waals surface area contributed by atoms with Crippen molar-refractivity contribution in [3.63, 3.8) is 0 Å². The molecule has 0 radical (unpaired) electrons. The van der Waals surface area contributed by atoms with Gasteiger partial charge in [0.05, 0.1) is 12.2 Å². The third-order valence-corrected chi connectivity index (χ3v) is 7.95. The van der Waals surface area contributed by atoms with Gasteiger partial charge in [0.2, 0.25) is 0 Å². The summed E-state index contributed by atoms with van der Waals surface area (Å²) in [5, 5.41) is 19.8. The summed E-state index contributed by atoms with van der Waals surface area (Å²) in [4.78, 5) is 11.5. The first-order valence-electron chi connectivity index (χ1n) is 12.4. The molecule has 5 nitrogen and oxygen atoms in total. The van der Waals surface area contributed by atoms with E-state index < -0.39 is 0 Å². The standard InChI is InChI=1S/C29H32N2O3/c1-3-11-28-12-15-29(16-13-28,17-14-28)20-33-26-10-9-23(24(18-30)25(26)19-31)21-5-7-22(8-6-21)34-27(32)4-2/h5-10H,3-4,11-17,20H2,1-2H3. The van der Waals surface area contributed by atoms with Gasteiger partial charge in [-0.1, -0.05) is 32.4 Å². The molecule has 0 saturated heterocycles. The molecule has 2 aromatic rings. The molecule has 3 saturated carbocycles. The maximum absolute atomic E-state index is 11.5. The Morgan fingerprint density at radius 2 is 1.50 bits per heavy atom. The normalized spacial score (nSPS) is 23.1. The summed E-state index contributed by atoms with van der Waals surface area (Å²) in [6.45, 7) is 4.63. The van der Waals surface area contributed by atoms with Crippen molar-refractivity contribution in [1.82, 2.24) is 0 Å². The van der Waals surface area contributed by atoms with Crippen LogP contribution in [0.1, 0.15) is 82.8 Å². The first-order valence-corrected chi connectivity index (χ1v) is 12.4. The first kappa shape index (κ1) is 23.8. The van der Waals surface area contributed by atoms with Gasteiger partial charge in [-0.25, -0.2) is 0 Å². The molecule has 0 atom stereocenters. The number of ether oxygens (including phenoxy) is 2. The van der Waals surface area contributed by atoms with Crippen LogP contribution in [0.5, 0.6) is 11.5 Å². The SMILES string of the molecule is CCCC12CCC(COc3ccc(-c4ccc(OC(=O)CC)cc4)c(C#N)c3C#N)(CC1)CC2. The highest BCUT2D eigenvalue weighted by molar-refractivity contribution is 5.77. The minimum atomic E-state index is -0.301. The van der Waals surface area contributed by atoms with Crippen molar-refractivity contribution in [1.29, 1.82) is 10.5 Å². The van der Waals surface area contributed by atoms with E-state index in [0.29, 0.717) is 41.1 Å². The molecule has 3 aliphatic carbocycles. The molecule has 3 fully saturated rings. The fourth-order valence-corrected chi connectivity index (χ4v) is 5.77. The van der Waals surface area contributed by atoms with Gasteiger partial charge >= 0.3 is 5.97 Å². The molecular weight excluding hydrogens is 424 g/mol. The zero-order chi connectivity index (χ0) is 24.2. The molecule has 2 bridgehead atoms. The van der Waals surface area contributed by atoms with Gasteiger partial charge in [0.25, 0.3) is 0 Å². The quantitative estimate of drug-likeness (QED) is 0.318. The zero-order valence-corrected chi connectivity index (χ0v) is 20.2. The number of nitrogens with zero attached hydrogens (tertiary/aromatic N) is 2. The smallest absolute Gasteiger partial charge is 0.310 e. The largest absolute Gasteiger partial charge is 0.492 e. The molecule has 176 valence electrons. The molecule has 0 unspecified atom stereocenters. The van der Waals surface area contributed by atoms with Crippen molar-refractivity contribution in [3.05, 3.63) is 47.5 Å². The number of carbonyl (C=O) groups is 1. The number of hydrogen-bond acceptors (Lipinski definition) is 5. The fourth-order valence-electron chi connectivity index (χ4n) is 5.77. The second kappa shape index (κ2) is 9.90. The van der Waals surface area contributed by atoms with E-state index in [1.807, 2.05) is 12.1 Å². The lowest BCUT2D eigenvalue weighted by Gasteiger charge is -2.53. The Balaban J connectivity index is 1.52. The molecule has 0 amide bonds. The third kappa shape index (κ3) is 4.66. The first-order chi connectivity index (χ1) is 16.5. The summed E-state index contributed by atoms with van der Waals surface area (Å²) in [5.74, 6) is 0.642. The van der Waals surface area contributed by atoms with E-state index in [1.54, 1.807) is 31.2 Å². The Hall–Kier alpha value is -3.31. The predicted octanol–water partition coefficient (Wildman–Crippen LogP) is 6.93. The van der Waals surface area contributed by atoms with E-state index in [0.717, 1.165) is 5.56 Å². The Labute approximate surface area is 202 Å². The Morgan fingerprint density at radius 1 is 0.882 bits per heavy atom. The molecular formula is C29H32N2O3. The lowest BCUT2D eigenvalue weighted by Crippen LogP contribution is -2.44. The van der Waals surface area contributed by atoms with E-state index in [1.165, 1.54) is 51.4 Å². The van der Waals surface area contributed by atoms with Crippen molar-refractivity contribution in [2.75, 3.05) is 6.61 Å². The molecule has 3 aliphatic rings. The van der Waals surface area contributed by atoms with Crippen molar-refractivity contribution in [2.24, 2.45) is 10.8 Å². The molecule has 0 N–H and O–H groups in total. The lowest BCUT2D eigenvalue weighted by molar-refractivity contribution is -0.134. The van der Waals surface area contributed by atoms with E-state index in [4.69, 9.17) is 9.47 Å². The van der Waals surface area contributed by atoms with Crippen LogP contribution in [0.4, 0.5) is 0 Å². The maximum Gasteiger partial charge on any atom is 0.310 e. The van der Waals surface area contributed by atoms with Gasteiger partial charge in [-0.2, -0.15) is 10.5 Å². The highest BCUT2D eigenvalue weighted by atomic mass is 16.5. The van der Waals surface area contributed by atoms with Gasteiger partial charge in [-0.05, 0) is 80.2 Å². The predicted molar refractivity (Wildman–Crippen MR) is 130 cm³/mol. The van der Waals surface area contributed by atoms with Crippen LogP contribution < -0.4 is 9.47 Å². The molecule has 5 heteroatoms. The van der Waals surface area contributed by atoms with Crippen LogP contribution >= 0.6 is 0 Å². The van der Waals surface area contributed by atoms with Crippen molar-refractivity contribution < 1.29 is 14.3 Å². The van der Waals surface area contributed by atoms with Gasteiger partial charge in [0, 0.05) is 17.4 Å². The fraction of sp³-hybridized carbons (Fsp3) is 0.483. The van der Waals surface area contributed by atoms with Gasteiger partial charge in [-0.3, -0.25) is 4.79 Å². The lowest BCUT2D eigenvalue weighted by atomic mass is 9.53. The van der Waals surface area contributed by atoms with Crippen LogP contribution in [0.15, 0.2) is 36.4 Å². The minimum Gasteiger partial charge on any atom is -0.492 e. The van der Waals surface area contributed by atoms with Crippen LogP contribution in [0.25, 0.3) is 11.1 Å². The highest BCUT2D eigenvalue weighted by Crippen LogP contribution is 2.58. The van der Waals surface area contributed by atoms with Crippen LogP contribution in [-0.4, -0.2) is 12.6 Å².